The van der Waals surface area contributed by atoms with E-state index in [1.54, 1.807) is 0 Å². The van der Waals surface area contributed by atoms with Crippen molar-refractivity contribution >= 4 is 0 Å². The molecule has 0 rings (SSSR count). The van der Waals surface area contributed by atoms with E-state index in [4.69, 9.17) is 5.73 Å². The SMILES string of the molecule is CC(C)CCCCNCC(N)C(C)(C)C. The van der Waals surface area contributed by atoms with Crippen LogP contribution in [-0.2, 0) is 0 Å². The standard InChI is InChI=1S/C13H30N2/c1-11(2)8-6-7-9-15-10-12(14)13(3,4)5/h11-12,15H,6-10,14H2,1-5H3. The van der Waals surface area contributed by atoms with E-state index >= 15 is 0 Å². The lowest BCUT2D eigenvalue weighted by Crippen LogP contribution is -2.43. The zero-order chi connectivity index (χ0) is 11.9. The van der Waals surface area contributed by atoms with Crippen LogP contribution in [0.3, 0.4) is 0 Å². The Hall–Kier alpha value is -0.0800. The second-order valence-electron chi connectivity index (χ2n) is 6.07. The van der Waals surface area contributed by atoms with Crippen LogP contribution in [-0.4, -0.2) is 19.1 Å². The predicted molar refractivity (Wildman–Crippen MR) is 69.0 cm³/mol. The fourth-order valence-corrected chi connectivity index (χ4v) is 1.37. The first kappa shape index (κ1) is 14.9. The molecule has 2 heteroatoms. The fraction of sp³-hybridized carbons (Fsp3) is 1.00. The van der Waals surface area contributed by atoms with E-state index in [1.165, 1.54) is 19.3 Å². The minimum Gasteiger partial charge on any atom is -0.326 e. The molecule has 0 aliphatic carbocycles. The molecule has 1 unspecified atom stereocenters. The van der Waals surface area contributed by atoms with Crippen LogP contribution in [0.2, 0.25) is 0 Å². The smallest absolute Gasteiger partial charge is 0.0214 e. The molecule has 3 N–H and O–H groups in total. The Morgan fingerprint density at radius 3 is 2.20 bits per heavy atom. The molecule has 2 nitrogen and oxygen atoms in total. The van der Waals surface area contributed by atoms with Crippen LogP contribution in [0.4, 0.5) is 0 Å². The molecule has 0 saturated heterocycles. The van der Waals surface area contributed by atoms with E-state index < -0.39 is 0 Å². The van der Waals surface area contributed by atoms with Gasteiger partial charge in [0.25, 0.3) is 0 Å². The van der Waals surface area contributed by atoms with Crippen LogP contribution in [0, 0.1) is 11.3 Å². The summed E-state index contributed by atoms with van der Waals surface area (Å²) >= 11 is 0. The molecule has 0 bridgehead atoms. The van der Waals surface area contributed by atoms with Gasteiger partial charge in [0, 0.05) is 12.6 Å². The summed E-state index contributed by atoms with van der Waals surface area (Å²) in [4.78, 5) is 0. The molecule has 15 heavy (non-hydrogen) atoms. The maximum atomic E-state index is 6.05. The Labute approximate surface area is 96.0 Å². The van der Waals surface area contributed by atoms with Gasteiger partial charge in [-0.05, 0) is 24.3 Å². The third-order valence-corrected chi connectivity index (χ3v) is 2.86. The second-order valence-corrected chi connectivity index (χ2v) is 6.07. The summed E-state index contributed by atoms with van der Waals surface area (Å²) in [6.07, 6.45) is 3.94. The summed E-state index contributed by atoms with van der Waals surface area (Å²) in [5.74, 6) is 0.835. The predicted octanol–water partition coefficient (Wildman–Crippen LogP) is 2.78. The molecule has 0 heterocycles. The topological polar surface area (TPSA) is 38.0 Å². The minimum absolute atomic E-state index is 0.213. The highest BCUT2D eigenvalue weighted by Crippen LogP contribution is 2.16. The molecule has 0 radical (unpaired) electrons. The van der Waals surface area contributed by atoms with Crippen molar-refractivity contribution in [2.75, 3.05) is 13.1 Å². The maximum Gasteiger partial charge on any atom is 0.0214 e. The molecule has 0 aromatic carbocycles. The lowest BCUT2D eigenvalue weighted by molar-refractivity contribution is 0.309. The van der Waals surface area contributed by atoms with Crippen molar-refractivity contribution in [3.63, 3.8) is 0 Å². The number of rotatable bonds is 7. The monoisotopic (exact) mass is 214 g/mol. The summed E-state index contributed by atoms with van der Waals surface area (Å²) in [6, 6.07) is 0.252. The van der Waals surface area contributed by atoms with E-state index in [-0.39, 0.29) is 11.5 Å². The van der Waals surface area contributed by atoms with Gasteiger partial charge in [0.2, 0.25) is 0 Å². The molecule has 0 aliphatic heterocycles. The normalized spacial score (nSPS) is 14.6. The quantitative estimate of drug-likeness (QED) is 0.640. The van der Waals surface area contributed by atoms with Crippen molar-refractivity contribution < 1.29 is 0 Å². The molecule has 0 spiro atoms. The lowest BCUT2D eigenvalue weighted by atomic mass is 9.87. The first-order valence-corrected chi connectivity index (χ1v) is 6.30. The van der Waals surface area contributed by atoms with Crippen LogP contribution >= 0.6 is 0 Å². The Kier molecular flexibility index (Phi) is 7.20. The van der Waals surface area contributed by atoms with Crippen molar-refractivity contribution in [3.8, 4) is 0 Å². The highest BCUT2D eigenvalue weighted by Gasteiger charge is 2.19. The molecule has 92 valence electrons. The van der Waals surface area contributed by atoms with Crippen molar-refractivity contribution in [3.05, 3.63) is 0 Å². The lowest BCUT2D eigenvalue weighted by Gasteiger charge is -2.27. The van der Waals surface area contributed by atoms with E-state index in [0.717, 1.165) is 19.0 Å². The fourth-order valence-electron chi connectivity index (χ4n) is 1.37. The molecule has 0 aromatic rings. The van der Waals surface area contributed by atoms with Crippen molar-refractivity contribution in [1.82, 2.24) is 5.32 Å². The van der Waals surface area contributed by atoms with Gasteiger partial charge in [0.15, 0.2) is 0 Å². The largest absolute Gasteiger partial charge is 0.326 e. The average Bonchev–Trinajstić information content (AvgIpc) is 2.08. The van der Waals surface area contributed by atoms with E-state index in [0.29, 0.717) is 0 Å². The Morgan fingerprint density at radius 2 is 1.73 bits per heavy atom. The molecule has 0 saturated carbocycles. The molecule has 1 atom stereocenters. The number of hydrogen-bond donors (Lipinski definition) is 2. The van der Waals surface area contributed by atoms with Crippen molar-refractivity contribution in [2.24, 2.45) is 17.1 Å². The van der Waals surface area contributed by atoms with Crippen LogP contribution in [0.15, 0.2) is 0 Å². The first-order chi connectivity index (χ1) is 6.84. The van der Waals surface area contributed by atoms with Crippen molar-refractivity contribution in [2.45, 2.75) is 59.9 Å². The van der Waals surface area contributed by atoms with E-state index in [1.807, 2.05) is 0 Å². The zero-order valence-corrected chi connectivity index (χ0v) is 11.3. The van der Waals surface area contributed by atoms with Gasteiger partial charge in [-0.2, -0.15) is 0 Å². The number of unbranched alkanes of at least 4 members (excludes halogenated alkanes) is 1. The summed E-state index contributed by atoms with van der Waals surface area (Å²) in [5, 5.41) is 3.44. The van der Waals surface area contributed by atoms with E-state index in [9.17, 15) is 0 Å². The summed E-state index contributed by atoms with van der Waals surface area (Å²) in [7, 11) is 0. The van der Waals surface area contributed by atoms with Crippen LogP contribution < -0.4 is 11.1 Å². The zero-order valence-electron chi connectivity index (χ0n) is 11.3. The molecule has 0 aromatic heterocycles. The van der Waals surface area contributed by atoms with Gasteiger partial charge in [-0.3, -0.25) is 0 Å². The first-order valence-electron chi connectivity index (χ1n) is 6.30. The van der Waals surface area contributed by atoms with Gasteiger partial charge in [0.05, 0.1) is 0 Å². The Bertz CT molecular complexity index is 147. The number of hydrogen-bond acceptors (Lipinski definition) is 2. The van der Waals surface area contributed by atoms with Crippen LogP contribution in [0.5, 0.6) is 0 Å². The van der Waals surface area contributed by atoms with Gasteiger partial charge in [-0.15, -0.1) is 0 Å². The van der Waals surface area contributed by atoms with Gasteiger partial charge in [0.1, 0.15) is 0 Å². The van der Waals surface area contributed by atoms with E-state index in [2.05, 4.69) is 39.9 Å². The second kappa shape index (κ2) is 7.24. The van der Waals surface area contributed by atoms with Gasteiger partial charge in [-0.1, -0.05) is 47.5 Å². The molecule has 0 fully saturated rings. The van der Waals surface area contributed by atoms with Gasteiger partial charge >= 0.3 is 0 Å². The Balaban J connectivity index is 3.32. The molecular weight excluding hydrogens is 184 g/mol. The van der Waals surface area contributed by atoms with Gasteiger partial charge < -0.3 is 11.1 Å². The summed E-state index contributed by atoms with van der Waals surface area (Å²) in [6.45, 7) is 13.2. The molecule has 0 aliphatic rings. The third kappa shape index (κ3) is 8.88. The van der Waals surface area contributed by atoms with Crippen LogP contribution in [0.25, 0.3) is 0 Å². The highest BCUT2D eigenvalue weighted by atomic mass is 14.9. The van der Waals surface area contributed by atoms with Gasteiger partial charge in [-0.25, -0.2) is 0 Å². The summed E-state index contributed by atoms with van der Waals surface area (Å²) in [5.41, 5.74) is 6.26. The third-order valence-electron chi connectivity index (χ3n) is 2.86. The Morgan fingerprint density at radius 1 is 1.13 bits per heavy atom. The number of nitrogens with two attached hydrogens (primary N) is 1. The average molecular weight is 214 g/mol. The molecular formula is C13H30N2. The maximum absolute atomic E-state index is 6.05. The van der Waals surface area contributed by atoms with Crippen LogP contribution in [0.1, 0.15) is 53.9 Å². The summed E-state index contributed by atoms with van der Waals surface area (Å²) < 4.78 is 0. The van der Waals surface area contributed by atoms with Crippen molar-refractivity contribution in [1.29, 1.82) is 0 Å². The molecule has 0 amide bonds. The number of nitrogens with one attached hydrogen (secondary N) is 1. The highest BCUT2D eigenvalue weighted by molar-refractivity contribution is 4.78. The minimum atomic E-state index is 0.213.